The highest BCUT2D eigenvalue weighted by Crippen LogP contribution is 2.51. The van der Waals surface area contributed by atoms with Gasteiger partial charge in [-0.2, -0.15) is 26.3 Å². The summed E-state index contributed by atoms with van der Waals surface area (Å²) in [6, 6.07) is 1.00. The van der Waals surface area contributed by atoms with Crippen molar-refractivity contribution in [2.24, 2.45) is 23.7 Å². The first-order chi connectivity index (χ1) is 16.5. The number of benzene rings is 1. The van der Waals surface area contributed by atoms with E-state index in [-0.39, 0.29) is 24.7 Å². The Morgan fingerprint density at radius 1 is 0.743 bits per heavy atom. The van der Waals surface area contributed by atoms with Crippen LogP contribution in [-0.2, 0) is 12.4 Å². The molecule has 35 heavy (non-hydrogen) atoms. The highest BCUT2D eigenvalue weighted by molar-refractivity contribution is 5.56. The van der Waals surface area contributed by atoms with Crippen molar-refractivity contribution >= 4 is 0 Å². The minimum Gasteiger partial charge on any atom is -0.493 e. The van der Waals surface area contributed by atoms with Gasteiger partial charge in [0, 0.05) is 0 Å². The van der Waals surface area contributed by atoms with Crippen LogP contribution in [0, 0.1) is 30.6 Å². The van der Waals surface area contributed by atoms with Crippen LogP contribution >= 0.6 is 0 Å². The first-order valence-electron chi connectivity index (χ1n) is 13.0. The van der Waals surface area contributed by atoms with Gasteiger partial charge in [0.2, 0.25) is 0 Å². The minimum absolute atomic E-state index is 0.00806. The van der Waals surface area contributed by atoms with Crippen LogP contribution in [0.2, 0.25) is 0 Å². The molecule has 200 valence electrons. The Morgan fingerprint density at radius 2 is 1.26 bits per heavy atom. The fourth-order valence-corrected chi connectivity index (χ4v) is 6.16. The SMILES string of the molecule is CCCC1CCC(C2CCC(COc3c(C)cc(OCC)c(C(F)(F)F)c3C(F)(F)F)CC2)CC1. The van der Waals surface area contributed by atoms with Gasteiger partial charge >= 0.3 is 12.4 Å². The number of alkyl halides is 6. The molecule has 0 heterocycles. The quantitative estimate of drug-likeness (QED) is 0.326. The smallest absolute Gasteiger partial charge is 0.420 e. The summed E-state index contributed by atoms with van der Waals surface area (Å²) < 4.78 is 93.4. The molecule has 2 nitrogen and oxygen atoms in total. The van der Waals surface area contributed by atoms with Gasteiger partial charge in [-0.3, -0.25) is 0 Å². The van der Waals surface area contributed by atoms with Gasteiger partial charge < -0.3 is 9.47 Å². The molecular weight excluding hydrogens is 470 g/mol. The lowest BCUT2D eigenvalue weighted by Gasteiger charge is -2.38. The van der Waals surface area contributed by atoms with Crippen LogP contribution < -0.4 is 9.47 Å². The number of halogens is 6. The summed E-state index contributed by atoms with van der Waals surface area (Å²) in [5, 5.41) is 0. The van der Waals surface area contributed by atoms with Crippen LogP contribution in [-0.4, -0.2) is 13.2 Å². The summed E-state index contributed by atoms with van der Waals surface area (Å²) in [6.45, 7) is 4.81. The van der Waals surface area contributed by atoms with Crippen LogP contribution in [0.3, 0.4) is 0 Å². The van der Waals surface area contributed by atoms with E-state index >= 15 is 0 Å². The molecule has 0 bridgehead atoms. The van der Waals surface area contributed by atoms with E-state index in [1.807, 2.05) is 0 Å². The fraction of sp³-hybridized carbons (Fsp3) is 0.778. The zero-order valence-corrected chi connectivity index (χ0v) is 21.0. The first kappa shape index (κ1) is 28.0. The molecule has 0 unspecified atom stereocenters. The molecule has 2 aliphatic carbocycles. The Balaban J connectivity index is 1.68. The lowest BCUT2D eigenvalue weighted by Crippen LogP contribution is -2.28. The van der Waals surface area contributed by atoms with Gasteiger partial charge in [-0.1, -0.05) is 32.6 Å². The first-order valence-corrected chi connectivity index (χ1v) is 13.0. The van der Waals surface area contributed by atoms with Gasteiger partial charge in [-0.25, -0.2) is 0 Å². The zero-order chi connectivity index (χ0) is 25.8. The fourth-order valence-electron chi connectivity index (χ4n) is 6.16. The third kappa shape index (κ3) is 7.00. The summed E-state index contributed by atoms with van der Waals surface area (Å²) in [7, 11) is 0. The van der Waals surface area contributed by atoms with Gasteiger partial charge in [-0.15, -0.1) is 0 Å². The summed E-state index contributed by atoms with van der Waals surface area (Å²) in [5.74, 6) is 0.718. The van der Waals surface area contributed by atoms with E-state index in [1.165, 1.54) is 52.4 Å². The third-order valence-corrected chi connectivity index (χ3v) is 7.91. The summed E-state index contributed by atoms with van der Waals surface area (Å²) in [4.78, 5) is 0. The Hall–Kier alpha value is -1.60. The maximum Gasteiger partial charge on any atom is 0.420 e. The second-order valence-corrected chi connectivity index (χ2v) is 10.4. The zero-order valence-electron chi connectivity index (χ0n) is 21.0. The molecule has 0 amide bonds. The van der Waals surface area contributed by atoms with E-state index in [1.54, 1.807) is 0 Å². The Kier molecular flexibility index (Phi) is 9.30. The Labute approximate surface area is 204 Å². The van der Waals surface area contributed by atoms with Crippen molar-refractivity contribution in [3.63, 3.8) is 0 Å². The molecule has 0 spiro atoms. The van der Waals surface area contributed by atoms with E-state index in [0.29, 0.717) is 5.92 Å². The van der Waals surface area contributed by atoms with Crippen LogP contribution in [0.25, 0.3) is 0 Å². The van der Waals surface area contributed by atoms with Crippen LogP contribution in [0.15, 0.2) is 6.07 Å². The lowest BCUT2D eigenvalue weighted by atomic mass is 9.69. The normalized spacial score (nSPS) is 26.0. The van der Waals surface area contributed by atoms with Gasteiger partial charge in [0.05, 0.1) is 13.2 Å². The predicted octanol–water partition coefficient (Wildman–Crippen LogP) is 9.22. The van der Waals surface area contributed by atoms with Crippen LogP contribution in [0.5, 0.6) is 11.5 Å². The molecule has 0 N–H and O–H groups in total. The predicted molar refractivity (Wildman–Crippen MR) is 124 cm³/mol. The molecule has 0 aliphatic heterocycles. The van der Waals surface area contributed by atoms with E-state index in [9.17, 15) is 26.3 Å². The summed E-state index contributed by atoms with van der Waals surface area (Å²) >= 11 is 0. The van der Waals surface area contributed by atoms with Gasteiger partial charge in [0.25, 0.3) is 0 Å². The van der Waals surface area contributed by atoms with Crippen molar-refractivity contribution in [2.75, 3.05) is 13.2 Å². The number of hydrogen-bond donors (Lipinski definition) is 0. The molecule has 2 fully saturated rings. The Morgan fingerprint density at radius 3 is 1.71 bits per heavy atom. The van der Waals surface area contributed by atoms with E-state index < -0.39 is 35.0 Å². The minimum atomic E-state index is -5.23. The van der Waals surface area contributed by atoms with Crippen molar-refractivity contribution in [2.45, 2.75) is 97.3 Å². The molecule has 2 saturated carbocycles. The number of ether oxygens (including phenoxy) is 2. The lowest BCUT2D eigenvalue weighted by molar-refractivity contribution is -0.164. The van der Waals surface area contributed by atoms with Gasteiger partial charge in [-0.05, 0) is 87.7 Å². The summed E-state index contributed by atoms with van der Waals surface area (Å²) in [6.07, 6.45) is 0.883. The highest BCUT2D eigenvalue weighted by atomic mass is 19.4. The molecule has 0 atom stereocenters. The molecule has 0 aromatic heterocycles. The van der Waals surface area contributed by atoms with E-state index in [2.05, 4.69) is 6.92 Å². The number of rotatable bonds is 8. The van der Waals surface area contributed by atoms with Crippen molar-refractivity contribution in [1.82, 2.24) is 0 Å². The van der Waals surface area contributed by atoms with E-state index in [0.717, 1.165) is 43.6 Å². The largest absolute Gasteiger partial charge is 0.493 e. The maximum atomic E-state index is 13.9. The molecule has 0 saturated heterocycles. The average Bonchev–Trinajstić information content (AvgIpc) is 2.78. The van der Waals surface area contributed by atoms with Crippen molar-refractivity contribution < 1.29 is 35.8 Å². The second-order valence-electron chi connectivity index (χ2n) is 10.4. The topological polar surface area (TPSA) is 18.5 Å². The average molecular weight is 509 g/mol. The standard InChI is InChI=1S/C27H38F6O2/c1-4-6-18-7-11-20(12-8-18)21-13-9-19(10-14-21)16-35-25-17(3)15-22(34-5-2)23(26(28,29)30)24(25)27(31,32)33/h15,18-21H,4-14,16H2,1-3H3. The van der Waals surface area contributed by atoms with Gasteiger partial charge in [0.1, 0.15) is 22.6 Å². The van der Waals surface area contributed by atoms with Crippen LogP contribution in [0.1, 0.15) is 94.7 Å². The molecule has 1 aromatic carbocycles. The molecule has 1 aromatic rings. The van der Waals surface area contributed by atoms with Crippen molar-refractivity contribution in [3.05, 3.63) is 22.8 Å². The second kappa shape index (κ2) is 11.6. The van der Waals surface area contributed by atoms with Crippen molar-refractivity contribution in [1.29, 1.82) is 0 Å². The molecule has 0 radical (unpaired) electrons. The highest BCUT2D eigenvalue weighted by Gasteiger charge is 2.49. The summed E-state index contributed by atoms with van der Waals surface area (Å²) in [5.41, 5.74) is -3.60. The third-order valence-electron chi connectivity index (χ3n) is 7.91. The monoisotopic (exact) mass is 508 g/mol. The van der Waals surface area contributed by atoms with Crippen molar-refractivity contribution in [3.8, 4) is 11.5 Å². The molecule has 8 heteroatoms. The van der Waals surface area contributed by atoms with Gasteiger partial charge in [0.15, 0.2) is 0 Å². The Bertz CT molecular complexity index is 816. The molecular formula is C27H38F6O2. The molecule has 3 rings (SSSR count). The van der Waals surface area contributed by atoms with Crippen LogP contribution in [0.4, 0.5) is 26.3 Å². The van der Waals surface area contributed by atoms with E-state index in [4.69, 9.17) is 9.47 Å². The number of hydrogen-bond acceptors (Lipinski definition) is 2. The maximum absolute atomic E-state index is 13.9. The number of aryl methyl sites for hydroxylation is 1. The molecule has 2 aliphatic rings.